The van der Waals surface area contributed by atoms with Gasteiger partial charge in [0, 0.05) is 14.2 Å². The molecule has 0 heterocycles. The number of rotatable bonds is 7. The van der Waals surface area contributed by atoms with E-state index in [4.69, 9.17) is 14.6 Å². The van der Waals surface area contributed by atoms with Crippen LogP contribution in [0.1, 0.15) is 20.3 Å². The molecule has 0 aromatic carbocycles. The van der Waals surface area contributed by atoms with Crippen molar-refractivity contribution in [2.24, 2.45) is 11.7 Å². The summed E-state index contributed by atoms with van der Waals surface area (Å²) < 4.78 is 11.0. The molecule has 0 aliphatic rings. The molecule has 0 aromatic heterocycles. The Labute approximate surface area is 82.9 Å². The third-order valence-corrected chi connectivity index (χ3v) is 6.32. The fourth-order valence-corrected chi connectivity index (χ4v) is 3.78. The molecule has 0 aromatic rings. The van der Waals surface area contributed by atoms with Crippen molar-refractivity contribution in [3.05, 3.63) is 0 Å². The minimum Gasteiger partial charge on any atom is -0.398 e. The second-order valence-electron chi connectivity index (χ2n) is 3.55. The quantitative estimate of drug-likeness (QED) is 0.644. The minimum atomic E-state index is -1.85. The van der Waals surface area contributed by atoms with Crippen LogP contribution in [0.25, 0.3) is 0 Å². The van der Waals surface area contributed by atoms with E-state index in [9.17, 15) is 0 Å². The number of nitrogens with two attached hydrogens (primary N) is 1. The van der Waals surface area contributed by atoms with E-state index in [2.05, 4.69) is 13.8 Å². The minimum absolute atomic E-state index is 0.573. The molecular weight excluding hydrogens is 182 g/mol. The van der Waals surface area contributed by atoms with E-state index < -0.39 is 8.56 Å². The first-order valence-electron chi connectivity index (χ1n) is 4.94. The third kappa shape index (κ3) is 4.22. The molecule has 4 heteroatoms. The van der Waals surface area contributed by atoms with Gasteiger partial charge in [0.1, 0.15) is 0 Å². The van der Waals surface area contributed by atoms with Crippen molar-refractivity contribution in [2.45, 2.75) is 32.4 Å². The summed E-state index contributed by atoms with van der Waals surface area (Å²) >= 11 is 0. The van der Waals surface area contributed by atoms with E-state index in [0.29, 0.717) is 5.92 Å². The van der Waals surface area contributed by atoms with Crippen LogP contribution in [0.15, 0.2) is 0 Å². The Morgan fingerprint density at radius 3 is 2.15 bits per heavy atom. The van der Waals surface area contributed by atoms with Crippen LogP contribution < -0.4 is 5.73 Å². The molecule has 80 valence electrons. The average molecular weight is 205 g/mol. The van der Waals surface area contributed by atoms with Crippen molar-refractivity contribution >= 4 is 8.56 Å². The Morgan fingerprint density at radius 1 is 1.31 bits per heavy atom. The fraction of sp³-hybridized carbons (Fsp3) is 1.00. The van der Waals surface area contributed by atoms with Gasteiger partial charge in [0.05, 0.1) is 0 Å². The standard InChI is InChI=1S/C9H23NO2Si/c1-5-13(11-3,12-4)7-6-9(2)8-10/h9H,5-8,10H2,1-4H3. The van der Waals surface area contributed by atoms with E-state index in [-0.39, 0.29) is 0 Å². The maximum atomic E-state index is 5.56. The van der Waals surface area contributed by atoms with Gasteiger partial charge in [-0.2, -0.15) is 0 Å². The van der Waals surface area contributed by atoms with Crippen molar-refractivity contribution in [1.82, 2.24) is 0 Å². The normalized spacial score (nSPS) is 14.5. The summed E-state index contributed by atoms with van der Waals surface area (Å²) in [5.41, 5.74) is 5.56. The third-order valence-electron chi connectivity index (χ3n) is 2.70. The van der Waals surface area contributed by atoms with Gasteiger partial charge in [-0.25, -0.2) is 0 Å². The lowest BCUT2D eigenvalue weighted by atomic mass is 10.1. The zero-order valence-corrected chi connectivity index (χ0v) is 10.3. The van der Waals surface area contributed by atoms with E-state index in [0.717, 1.165) is 25.1 Å². The summed E-state index contributed by atoms with van der Waals surface area (Å²) in [4.78, 5) is 0. The summed E-state index contributed by atoms with van der Waals surface area (Å²) in [6, 6.07) is 2.06. The molecule has 1 unspecified atom stereocenters. The first-order chi connectivity index (χ1) is 6.14. The zero-order chi connectivity index (χ0) is 10.3. The second kappa shape index (κ2) is 6.54. The smallest absolute Gasteiger partial charge is 0.337 e. The predicted molar refractivity (Wildman–Crippen MR) is 57.9 cm³/mol. The van der Waals surface area contributed by atoms with Crippen molar-refractivity contribution < 1.29 is 8.85 Å². The van der Waals surface area contributed by atoms with Gasteiger partial charge in [0.25, 0.3) is 0 Å². The molecule has 0 saturated heterocycles. The van der Waals surface area contributed by atoms with E-state index >= 15 is 0 Å². The van der Waals surface area contributed by atoms with Crippen LogP contribution in [0.4, 0.5) is 0 Å². The Morgan fingerprint density at radius 2 is 1.85 bits per heavy atom. The van der Waals surface area contributed by atoms with E-state index in [1.54, 1.807) is 14.2 Å². The number of hydrogen-bond donors (Lipinski definition) is 1. The summed E-state index contributed by atoms with van der Waals surface area (Å²) in [5.74, 6) is 0.573. The van der Waals surface area contributed by atoms with Gasteiger partial charge in [0.15, 0.2) is 0 Å². The molecule has 0 bridgehead atoms. The molecule has 2 N–H and O–H groups in total. The van der Waals surface area contributed by atoms with Crippen molar-refractivity contribution in [3.63, 3.8) is 0 Å². The van der Waals surface area contributed by atoms with Crippen molar-refractivity contribution in [2.75, 3.05) is 20.8 Å². The molecular formula is C9H23NO2Si. The van der Waals surface area contributed by atoms with E-state index in [1.807, 2.05) is 0 Å². The number of hydrogen-bond acceptors (Lipinski definition) is 3. The van der Waals surface area contributed by atoms with Gasteiger partial charge < -0.3 is 14.6 Å². The summed E-state index contributed by atoms with van der Waals surface area (Å²) in [6.45, 7) is 5.05. The molecule has 13 heavy (non-hydrogen) atoms. The first-order valence-corrected chi connectivity index (χ1v) is 7.17. The summed E-state index contributed by atoms with van der Waals surface area (Å²) in [6.07, 6.45) is 1.11. The predicted octanol–water partition coefficient (Wildman–Crippen LogP) is 1.73. The highest BCUT2D eigenvalue weighted by atomic mass is 28.4. The molecule has 0 aliphatic heterocycles. The Bertz CT molecular complexity index is 121. The Balaban J connectivity index is 3.95. The topological polar surface area (TPSA) is 44.5 Å². The molecule has 0 saturated carbocycles. The van der Waals surface area contributed by atoms with Crippen LogP contribution >= 0.6 is 0 Å². The Hall–Kier alpha value is 0.0969. The fourth-order valence-electron chi connectivity index (χ4n) is 1.34. The van der Waals surface area contributed by atoms with Gasteiger partial charge in [-0.05, 0) is 31.0 Å². The van der Waals surface area contributed by atoms with Crippen LogP contribution in [0.5, 0.6) is 0 Å². The zero-order valence-electron chi connectivity index (χ0n) is 9.30. The molecule has 3 nitrogen and oxygen atoms in total. The highest BCUT2D eigenvalue weighted by molar-refractivity contribution is 6.67. The average Bonchev–Trinajstić information content (AvgIpc) is 2.20. The van der Waals surface area contributed by atoms with Crippen molar-refractivity contribution in [3.8, 4) is 0 Å². The molecule has 0 spiro atoms. The first kappa shape index (κ1) is 13.1. The molecule has 0 fully saturated rings. The summed E-state index contributed by atoms with van der Waals surface area (Å²) in [5, 5.41) is 0. The van der Waals surface area contributed by atoms with Crippen LogP contribution in [-0.2, 0) is 8.85 Å². The van der Waals surface area contributed by atoms with Crippen LogP contribution in [0, 0.1) is 5.92 Å². The van der Waals surface area contributed by atoms with Gasteiger partial charge in [-0.3, -0.25) is 0 Å². The maximum absolute atomic E-state index is 5.56. The lowest BCUT2D eigenvalue weighted by Crippen LogP contribution is -2.39. The van der Waals surface area contributed by atoms with Crippen LogP contribution in [0.3, 0.4) is 0 Å². The largest absolute Gasteiger partial charge is 0.398 e. The van der Waals surface area contributed by atoms with Crippen molar-refractivity contribution in [1.29, 1.82) is 0 Å². The lowest BCUT2D eigenvalue weighted by molar-refractivity contribution is 0.239. The van der Waals surface area contributed by atoms with Gasteiger partial charge in [-0.15, -0.1) is 0 Å². The molecule has 0 rings (SSSR count). The maximum Gasteiger partial charge on any atom is 0.337 e. The monoisotopic (exact) mass is 205 g/mol. The molecule has 0 aliphatic carbocycles. The highest BCUT2D eigenvalue weighted by Gasteiger charge is 2.32. The van der Waals surface area contributed by atoms with E-state index in [1.165, 1.54) is 0 Å². The summed E-state index contributed by atoms with van der Waals surface area (Å²) in [7, 11) is 1.66. The molecule has 0 amide bonds. The second-order valence-corrected chi connectivity index (χ2v) is 7.40. The lowest BCUT2D eigenvalue weighted by Gasteiger charge is -2.26. The van der Waals surface area contributed by atoms with Crippen LogP contribution in [0.2, 0.25) is 12.1 Å². The molecule has 0 radical (unpaired) electrons. The van der Waals surface area contributed by atoms with Gasteiger partial charge in [-0.1, -0.05) is 13.8 Å². The van der Waals surface area contributed by atoms with Gasteiger partial charge in [0.2, 0.25) is 0 Å². The Kier molecular flexibility index (Phi) is 6.58. The highest BCUT2D eigenvalue weighted by Crippen LogP contribution is 2.21. The van der Waals surface area contributed by atoms with Crippen LogP contribution in [-0.4, -0.2) is 29.3 Å². The molecule has 1 atom stereocenters. The van der Waals surface area contributed by atoms with Gasteiger partial charge >= 0.3 is 8.56 Å². The SMILES string of the molecule is CC[Si](CCC(C)CN)(OC)OC.